The summed E-state index contributed by atoms with van der Waals surface area (Å²) in [4.78, 5) is -0.471. The summed E-state index contributed by atoms with van der Waals surface area (Å²) in [6.07, 6.45) is -0.360. The molecule has 0 saturated heterocycles. The van der Waals surface area contributed by atoms with E-state index in [1.165, 1.54) is 7.05 Å². The number of hydrogen-bond acceptors (Lipinski definition) is 4. The smallest absolute Gasteiger partial charge is 0.245 e. The predicted octanol–water partition coefficient (Wildman–Crippen LogP) is 1.56. The van der Waals surface area contributed by atoms with Crippen LogP contribution in [0.1, 0.15) is 13.3 Å². The second-order valence-corrected chi connectivity index (χ2v) is 7.14. The van der Waals surface area contributed by atoms with Gasteiger partial charge in [0.15, 0.2) is 0 Å². The summed E-state index contributed by atoms with van der Waals surface area (Å²) in [6, 6.07) is 2.10. The van der Waals surface area contributed by atoms with Crippen LogP contribution in [0.4, 0.5) is 10.1 Å². The van der Waals surface area contributed by atoms with Crippen molar-refractivity contribution in [3.8, 4) is 0 Å². The van der Waals surface area contributed by atoms with Crippen LogP contribution in [-0.4, -0.2) is 37.5 Å². The SMILES string of the molecule is CC(O)CCN(C)S(=O)(=O)c1cc(N)c(Br)cc1F. The number of benzene rings is 1. The van der Waals surface area contributed by atoms with E-state index < -0.39 is 26.8 Å². The van der Waals surface area contributed by atoms with E-state index in [-0.39, 0.29) is 18.7 Å². The zero-order chi connectivity index (χ0) is 14.8. The maximum atomic E-state index is 13.7. The highest BCUT2D eigenvalue weighted by Crippen LogP contribution is 2.27. The third-order valence-corrected chi connectivity index (χ3v) is 5.16. The van der Waals surface area contributed by atoms with Crippen molar-refractivity contribution in [2.45, 2.75) is 24.3 Å². The first-order valence-electron chi connectivity index (χ1n) is 5.55. The second kappa shape index (κ2) is 6.17. The maximum Gasteiger partial charge on any atom is 0.245 e. The number of halogens is 2. The molecule has 1 aromatic rings. The molecule has 1 atom stereocenters. The Balaban J connectivity index is 3.10. The fourth-order valence-electron chi connectivity index (χ4n) is 1.40. The minimum absolute atomic E-state index is 0.0927. The Morgan fingerprint density at radius 1 is 1.53 bits per heavy atom. The van der Waals surface area contributed by atoms with Crippen LogP contribution in [0.5, 0.6) is 0 Å². The molecule has 0 aromatic heterocycles. The number of anilines is 1. The lowest BCUT2D eigenvalue weighted by Crippen LogP contribution is -2.30. The molecule has 0 saturated carbocycles. The molecule has 0 bridgehead atoms. The lowest BCUT2D eigenvalue weighted by molar-refractivity contribution is 0.177. The van der Waals surface area contributed by atoms with Gasteiger partial charge in [-0.25, -0.2) is 17.1 Å². The molecule has 108 valence electrons. The van der Waals surface area contributed by atoms with Crippen molar-refractivity contribution in [2.75, 3.05) is 19.3 Å². The third-order valence-electron chi connectivity index (χ3n) is 2.60. The zero-order valence-electron chi connectivity index (χ0n) is 10.6. The molecule has 0 fully saturated rings. The summed E-state index contributed by atoms with van der Waals surface area (Å²) in [7, 11) is -2.63. The van der Waals surface area contributed by atoms with E-state index in [0.717, 1.165) is 16.4 Å². The van der Waals surface area contributed by atoms with Gasteiger partial charge < -0.3 is 10.8 Å². The van der Waals surface area contributed by atoms with Crippen LogP contribution >= 0.6 is 15.9 Å². The minimum atomic E-state index is -3.96. The number of hydrogen-bond donors (Lipinski definition) is 2. The van der Waals surface area contributed by atoms with E-state index in [0.29, 0.717) is 4.47 Å². The quantitative estimate of drug-likeness (QED) is 0.786. The average Bonchev–Trinajstić information content (AvgIpc) is 2.30. The van der Waals surface area contributed by atoms with Crippen molar-refractivity contribution in [3.05, 3.63) is 22.4 Å². The van der Waals surface area contributed by atoms with Crippen molar-refractivity contribution < 1.29 is 17.9 Å². The first-order valence-corrected chi connectivity index (χ1v) is 7.78. The molecule has 1 aromatic carbocycles. The van der Waals surface area contributed by atoms with Crippen LogP contribution in [0.25, 0.3) is 0 Å². The highest BCUT2D eigenvalue weighted by Gasteiger charge is 2.25. The van der Waals surface area contributed by atoms with Crippen LogP contribution in [0.15, 0.2) is 21.5 Å². The van der Waals surface area contributed by atoms with Gasteiger partial charge in [-0.1, -0.05) is 0 Å². The molecule has 3 N–H and O–H groups in total. The van der Waals surface area contributed by atoms with Gasteiger partial charge in [-0.15, -0.1) is 0 Å². The van der Waals surface area contributed by atoms with E-state index in [9.17, 15) is 12.8 Å². The fraction of sp³-hybridized carbons (Fsp3) is 0.455. The third kappa shape index (κ3) is 3.88. The molecule has 0 aliphatic rings. The number of sulfonamides is 1. The maximum absolute atomic E-state index is 13.7. The first kappa shape index (κ1) is 16.4. The molecule has 0 aliphatic carbocycles. The van der Waals surface area contributed by atoms with Gasteiger partial charge in [0.2, 0.25) is 10.0 Å². The Morgan fingerprint density at radius 3 is 2.63 bits per heavy atom. The minimum Gasteiger partial charge on any atom is -0.398 e. The highest BCUT2D eigenvalue weighted by atomic mass is 79.9. The van der Waals surface area contributed by atoms with Gasteiger partial charge in [0.05, 0.1) is 6.10 Å². The Kier molecular flexibility index (Phi) is 5.31. The van der Waals surface area contributed by atoms with Gasteiger partial charge >= 0.3 is 0 Å². The van der Waals surface area contributed by atoms with Crippen LogP contribution in [-0.2, 0) is 10.0 Å². The predicted molar refractivity (Wildman–Crippen MR) is 74.6 cm³/mol. The summed E-state index contributed by atoms with van der Waals surface area (Å²) >= 11 is 3.03. The van der Waals surface area contributed by atoms with Crippen LogP contribution in [0, 0.1) is 5.82 Å². The summed E-state index contributed by atoms with van der Waals surface area (Å²) in [6.45, 7) is 1.65. The molecule has 1 rings (SSSR count). The van der Waals surface area contributed by atoms with Gasteiger partial charge in [0.25, 0.3) is 0 Å². The van der Waals surface area contributed by atoms with Crippen molar-refractivity contribution >= 4 is 31.6 Å². The average molecular weight is 355 g/mol. The Labute approximate surface area is 120 Å². The van der Waals surface area contributed by atoms with Gasteiger partial charge in [-0.05, 0) is 41.4 Å². The second-order valence-electron chi connectivity index (χ2n) is 4.27. The van der Waals surface area contributed by atoms with E-state index in [1.54, 1.807) is 6.92 Å². The topological polar surface area (TPSA) is 83.6 Å². The van der Waals surface area contributed by atoms with Crippen LogP contribution < -0.4 is 5.73 Å². The number of nitrogens with two attached hydrogens (primary N) is 1. The van der Waals surface area contributed by atoms with E-state index in [2.05, 4.69) is 15.9 Å². The molecule has 0 spiro atoms. The summed E-state index contributed by atoms with van der Waals surface area (Å²) < 4.78 is 39.4. The molecule has 5 nitrogen and oxygen atoms in total. The first-order chi connectivity index (χ1) is 8.66. The molecule has 0 radical (unpaired) electrons. The molecule has 1 unspecified atom stereocenters. The number of aliphatic hydroxyl groups excluding tert-OH is 1. The molecule has 0 amide bonds. The monoisotopic (exact) mass is 354 g/mol. The largest absolute Gasteiger partial charge is 0.398 e. The number of nitrogens with zero attached hydrogens (tertiary/aromatic N) is 1. The Hall–Kier alpha value is -0.700. The van der Waals surface area contributed by atoms with Crippen molar-refractivity contribution in [3.63, 3.8) is 0 Å². The van der Waals surface area contributed by atoms with Crippen LogP contribution in [0.3, 0.4) is 0 Å². The normalized spacial score (nSPS) is 13.8. The molecular formula is C11H16BrFN2O3S. The lowest BCUT2D eigenvalue weighted by Gasteiger charge is -2.18. The molecular weight excluding hydrogens is 339 g/mol. The molecule has 8 heteroatoms. The van der Waals surface area contributed by atoms with Crippen molar-refractivity contribution in [1.82, 2.24) is 4.31 Å². The van der Waals surface area contributed by atoms with Crippen LogP contribution in [0.2, 0.25) is 0 Å². The highest BCUT2D eigenvalue weighted by molar-refractivity contribution is 9.10. The fourth-order valence-corrected chi connectivity index (χ4v) is 2.98. The standard InChI is InChI=1S/C11H16BrFN2O3S/c1-7(16)3-4-15(2)19(17,18)11-6-10(14)8(12)5-9(11)13/h5-7,16H,3-4,14H2,1-2H3. The number of aliphatic hydroxyl groups is 1. The molecule has 0 aliphatic heterocycles. The Bertz CT molecular complexity index is 563. The van der Waals surface area contributed by atoms with E-state index >= 15 is 0 Å². The van der Waals surface area contributed by atoms with Gasteiger partial charge in [-0.2, -0.15) is 0 Å². The summed E-state index contributed by atoms with van der Waals surface area (Å²) in [5.74, 6) is -0.870. The lowest BCUT2D eigenvalue weighted by atomic mass is 10.3. The Morgan fingerprint density at radius 2 is 2.11 bits per heavy atom. The van der Waals surface area contributed by atoms with E-state index in [1.807, 2.05) is 0 Å². The molecule has 0 heterocycles. The number of rotatable bonds is 5. The zero-order valence-corrected chi connectivity index (χ0v) is 13.0. The van der Waals surface area contributed by atoms with E-state index in [4.69, 9.17) is 10.8 Å². The summed E-state index contributed by atoms with van der Waals surface area (Å²) in [5.41, 5.74) is 5.71. The van der Waals surface area contributed by atoms with Gasteiger partial charge in [0.1, 0.15) is 10.7 Å². The summed E-state index contributed by atoms with van der Waals surface area (Å²) in [5, 5.41) is 9.15. The molecule has 19 heavy (non-hydrogen) atoms. The van der Waals surface area contributed by atoms with Crippen molar-refractivity contribution in [2.24, 2.45) is 0 Å². The van der Waals surface area contributed by atoms with Gasteiger partial charge in [-0.3, -0.25) is 0 Å². The van der Waals surface area contributed by atoms with Gasteiger partial charge in [0, 0.05) is 23.8 Å². The number of nitrogen functional groups attached to an aromatic ring is 1. The van der Waals surface area contributed by atoms with Crippen molar-refractivity contribution in [1.29, 1.82) is 0 Å².